The van der Waals surface area contributed by atoms with Crippen LogP contribution in [0.2, 0.25) is 0 Å². The highest BCUT2D eigenvalue weighted by Gasteiger charge is 2.40. The molecule has 1 atom stereocenters. The summed E-state index contributed by atoms with van der Waals surface area (Å²) in [5.74, 6) is -0.872. The van der Waals surface area contributed by atoms with Crippen LogP contribution in [0.5, 0.6) is 0 Å². The summed E-state index contributed by atoms with van der Waals surface area (Å²) in [6.07, 6.45) is 6.98. The largest absolute Gasteiger partial charge is 0.466 e. The van der Waals surface area contributed by atoms with Gasteiger partial charge in [0, 0.05) is 17.3 Å². The van der Waals surface area contributed by atoms with Gasteiger partial charge in [-0.3, -0.25) is 0 Å². The van der Waals surface area contributed by atoms with Crippen molar-refractivity contribution in [2.24, 2.45) is 11.8 Å². The van der Waals surface area contributed by atoms with Gasteiger partial charge in [-0.15, -0.1) is 0 Å². The van der Waals surface area contributed by atoms with Gasteiger partial charge in [-0.2, -0.15) is 0 Å². The van der Waals surface area contributed by atoms with Crippen LogP contribution in [0.15, 0.2) is 34.7 Å². The fraction of sp³-hybridized carbons (Fsp3) is 0.529. The molecule has 1 aliphatic carbocycles. The summed E-state index contributed by atoms with van der Waals surface area (Å²) >= 11 is 0. The van der Waals surface area contributed by atoms with Gasteiger partial charge in [0.25, 0.3) is 0 Å². The number of esters is 2. The summed E-state index contributed by atoms with van der Waals surface area (Å²) in [4.78, 5) is 24.6. The Morgan fingerprint density at radius 2 is 1.59 bits per heavy atom. The number of carbonyl (C=O) groups excluding carboxylic acids is 2. The number of dihydropyridines is 1. The molecule has 0 unspecified atom stereocenters. The molecule has 0 spiro atoms. The van der Waals surface area contributed by atoms with E-state index in [0.717, 1.165) is 30.7 Å². The van der Waals surface area contributed by atoms with E-state index in [1.165, 1.54) is 14.2 Å². The van der Waals surface area contributed by atoms with Gasteiger partial charge in [0.2, 0.25) is 0 Å². The molecule has 1 N–H and O–H groups in total. The average molecular weight is 305 g/mol. The summed E-state index contributed by atoms with van der Waals surface area (Å²) in [6, 6.07) is 0. The van der Waals surface area contributed by atoms with Crippen molar-refractivity contribution in [1.29, 1.82) is 0 Å². The van der Waals surface area contributed by atoms with Crippen molar-refractivity contribution < 1.29 is 19.1 Å². The fourth-order valence-electron chi connectivity index (χ4n) is 3.40. The van der Waals surface area contributed by atoms with Crippen LogP contribution in [0.3, 0.4) is 0 Å². The van der Waals surface area contributed by atoms with Gasteiger partial charge < -0.3 is 14.8 Å². The van der Waals surface area contributed by atoms with Crippen molar-refractivity contribution in [3.05, 3.63) is 34.7 Å². The van der Waals surface area contributed by atoms with Crippen molar-refractivity contribution in [2.45, 2.75) is 33.1 Å². The third-order valence-electron chi connectivity index (χ3n) is 4.40. The lowest BCUT2D eigenvalue weighted by molar-refractivity contribution is -0.138. The Morgan fingerprint density at radius 3 is 2.00 bits per heavy atom. The Kier molecular flexibility index (Phi) is 5.06. The Morgan fingerprint density at radius 1 is 1.05 bits per heavy atom. The van der Waals surface area contributed by atoms with Gasteiger partial charge in [0.15, 0.2) is 0 Å². The lowest BCUT2D eigenvalue weighted by Gasteiger charge is -2.35. The number of allylic oxidation sites excluding steroid dienone is 4. The van der Waals surface area contributed by atoms with Crippen molar-refractivity contribution in [1.82, 2.24) is 5.32 Å². The zero-order valence-corrected chi connectivity index (χ0v) is 13.6. The van der Waals surface area contributed by atoms with E-state index in [1.54, 1.807) is 0 Å². The monoisotopic (exact) mass is 305 g/mol. The summed E-state index contributed by atoms with van der Waals surface area (Å²) in [5.41, 5.74) is 2.57. The number of hydrogen-bond donors (Lipinski definition) is 1. The molecule has 0 aromatic heterocycles. The first kappa shape index (κ1) is 16.3. The van der Waals surface area contributed by atoms with Gasteiger partial charge in [-0.25, -0.2) is 9.59 Å². The molecular formula is C17H23NO4. The third-order valence-corrected chi connectivity index (χ3v) is 4.40. The molecule has 0 bridgehead atoms. The number of ether oxygens (including phenoxy) is 2. The topological polar surface area (TPSA) is 64.6 Å². The van der Waals surface area contributed by atoms with Gasteiger partial charge in [0.1, 0.15) is 0 Å². The van der Waals surface area contributed by atoms with E-state index in [9.17, 15) is 9.59 Å². The quantitative estimate of drug-likeness (QED) is 0.641. The van der Waals surface area contributed by atoms with Crippen LogP contribution in [0, 0.1) is 11.8 Å². The van der Waals surface area contributed by atoms with E-state index >= 15 is 0 Å². The molecule has 1 aliphatic heterocycles. The maximum atomic E-state index is 12.3. The van der Waals surface area contributed by atoms with E-state index in [4.69, 9.17) is 9.47 Å². The maximum Gasteiger partial charge on any atom is 0.336 e. The molecule has 0 saturated heterocycles. The van der Waals surface area contributed by atoms with Crippen LogP contribution in [0.1, 0.15) is 33.1 Å². The van der Waals surface area contributed by atoms with E-state index in [2.05, 4.69) is 17.5 Å². The first-order chi connectivity index (χ1) is 10.5. The van der Waals surface area contributed by atoms with E-state index in [0.29, 0.717) is 11.1 Å². The van der Waals surface area contributed by atoms with Crippen LogP contribution in [0.4, 0.5) is 0 Å². The van der Waals surface area contributed by atoms with Crippen molar-refractivity contribution >= 4 is 11.9 Å². The predicted molar refractivity (Wildman–Crippen MR) is 82.5 cm³/mol. The fourth-order valence-corrected chi connectivity index (χ4v) is 3.40. The second-order valence-electron chi connectivity index (χ2n) is 5.71. The summed E-state index contributed by atoms with van der Waals surface area (Å²) in [7, 11) is 2.73. The molecule has 0 aromatic rings. The first-order valence-corrected chi connectivity index (χ1v) is 7.51. The minimum atomic E-state index is -0.390. The SMILES string of the molecule is COC(=O)C1=C(C)NC(C)=C(C(=O)OC)C1[C@@H]1CC=CCC1. The van der Waals surface area contributed by atoms with Gasteiger partial charge in [0.05, 0.1) is 25.4 Å². The highest BCUT2D eigenvalue weighted by molar-refractivity contribution is 5.97. The summed E-state index contributed by atoms with van der Waals surface area (Å²) < 4.78 is 9.90. The molecular weight excluding hydrogens is 282 g/mol. The Hall–Kier alpha value is -2.04. The second kappa shape index (κ2) is 6.81. The smallest absolute Gasteiger partial charge is 0.336 e. The molecule has 1 heterocycles. The van der Waals surface area contributed by atoms with Gasteiger partial charge in [-0.05, 0) is 39.0 Å². The number of methoxy groups -OCH3 is 2. The molecule has 2 aliphatic rings. The zero-order valence-electron chi connectivity index (χ0n) is 13.6. The van der Waals surface area contributed by atoms with Crippen molar-refractivity contribution in [3.8, 4) is 0 Å². The molecule has 0 aromatic carbocycles. The molecule has 5 nitrogen and oxygen atoms in total. The minimum Gasteiger partial charge on any atom is -0.466 e. The van der Waals surface area contributed by atoms with E-state index in [-0.39, 0.29) is 11.8 Å². The highest BCUT2D eigenvalue weighted by atomic mass is 16.5. The van der Waals surface area contributed by atoms with Crippen LogP contribution < -0.4 is 5.32 Å². The number of hydrogen-bond acceptors (Lipinski definition) is 5. The van der Waals surface area contributed by atoms with E-state index in [1.807, 2.05) is 13.8 Å². The molecule has 22 heavy (non-hydrogen) atoms. The van der Waals surface area contributed by atoms with Crippen LogP contribution in [-0.4, -0.2) is 26.2 Å². The number of rotatable bonds is 3. The molecule has 5 heteroatoms. The lowest BCUT2D eigenvalue weighted by Crippen LogP contribution is -2.37. The Bertz CT molecular complexity index is 533. The normalized spacial score (nSPS) is 22.5. The van der Waals surface area contributed by atoms with Crippen LogP contribution >= 0.6 is 0 Å². The van der Waals surface area contributed by atoms with Gasteiger partial charge >= 0.3 is 11.9 Å². The van der Waals surface area contributed by atoms with E-state index < -0.39 is 11.9 Å². The molecule has 0 fully saturated rings. The van der Waals surface area contributed by atoms with Crippen molar-refractivity contribution in [3.63, 3.8) is 0 Å². The van der Waals surface area contributed by atoms with Gasteiger partial charge in [-0.1, -0.05) is 12.2 Å². The minimum absolute atomic E-state index is 0.195. The molecule has 0 amide bonds. The summed E-state index contributed by atoms with van der Waals surface area (Å²) in [6.45, 7) is 3.69. The molecule has 2 rings (SSSR count). The standard InChI is InChI=1S/C17H23NO4/c1-10-13(16(19)21-3)15(12-8-6-5-7-9-12)14(11(2)18-10)17(20)22-4/h5-6,12,15,18H,7-9H2,1-4H3/t12-/m1/s1. The first-order valence-electron chi connectivity index (χ1n) is 7.51. The maximum absolute atomic E-state index is 12.3. The van der Waals surface area contributed by atoms with Crippen LogP contribution in [-0.2, 0) is 19.1 Å². The number of carbonyl (C=O) groups is 2. The predicted octanol–water partition coefficient (Wildman–Crippen LogP) is 2.46. The second-order valence-corrected chi connectivity index (χ2v) is 5.71. The third kappa shape index (κ3) is 2.93. The molecule has 0 radical (unpaired) electrons. The molecule has 120 valence electrons. The molecule has 0 saturated carbocycles. The average Bonchev–Trinajstić information content (AvgIpc) is 2.53. The van der Waals surface area contributed by atoms with Crippen LogP contribution in [0.25, 0.3) is 0 Å². The lowest BCUT2D eigenvalue weighted by atomic mass is 9.72. The summed E-state index contributed by atoms with van der Waals surface area (Å²) in [5, 5.41) is 3.12. The zero-order chi connectivity index (χ0) is 16.3. The Labute approximate surface area is 131 Å². The Balaban J connectivity index is 2.52. The van der Waals surface area contributed by atoms with Crippen molar-refractivity contribution in [2.75, 3.05) is 14.2 Å². The number of nitrogens with one attached hydrogen (secondary N) is 1. The highest BCUT2D eigenvalue weighted by Crippen LogP contribution is 2.41.